The molecule has 0 saturated heterocycles. The molecule has 0 saturated carbocycles. The van der Waals surface area contributed by atoms with Gasteiger partial charge in [-0.2, -0.15) is 0 Å². The molecule has 0 unspecified atom stereocenters. The lowest BCUT2D eigenvalue weighted by Crippen LogP contribution is -2.10. The third-order valence-electron chi connectivity index (χ3n) is 8.60. The maximum atomic E-state index is 11.0. The molecule has 0 aliphatic rings. The van der Waals surface area contributed by atoms with Crippen molar-refractivity contribution in [1.29, 1.82) is 0 Å². The van der Waals surface area contributed by atoms with Crippen molar-refractivity contribution in [3.8, 4) is 0 Å². The van der Waals surface area contributed by atoms with Crippen LogP contribution in [-0.2, 0) is 34.9 Å². The molecule has 0 aromatic carbocycles. The average molecular weight is 1180 g/mol. The number of rotatable bonds is 6. The second kappa shape index (κ2) is 25.8. The van der Waals surface area contributed by atoms with E-state index in [1.54, 1.807) is 30.5 Å². The van der Waals surface area contributed by atoms with Gasteiger partial charge in [-0.25, -0.2) is 9.59 Å². The van der Waals surface area contributed by atoms with Crippen molar-refractivity contribution in [2.24, 2.45) is 0 Å². The third kappa shape index (κ3) is 20.8. The highest BCUT2D eigenvalue weighted by molar-refractivity contribution is 9.11. The van der Waals surface area contributed by atoms with Crippen LogP contribution in [0.15, 0.2) is 106 Å². The van der Waals surface area contributed by atoms with Gasteiger partial charge in [0, 0.05) is 25.0 Å². The highest BCUT2D eigenvalue weighted by Gasteiger charge is 2.23. The van der Waals surface area contributed by atoms with Gasteiger partial charge in [-0.1, -0.05) is 83.1 Å². The molecule has 6 heterocycles. The fourth-order valence-corrected chi connectivity index (χ4v) is 7.11. The zero-order valence-corrected chi connectivity index (χ0v) is 45.9. The van der Waals surface area contributed by atoms with E-state index in [4.69, 9.17) is 42.5 Å². The Morgan fingerprint density at radius 3 is 1.11 bits per heavy atom. The number of ketones is 2. The molecule has 0 aliphatic heterocycles. The first-order valence-electron chi connectivity index (χ1n) is 20.1. The number of hydrogen-bond acceptors (Lipinski definition) is 12. The van der Waals surface area contributed by atoms with Crippen LogP contribution in [0.2, 0.25) is 0 Å². The van der Waals surface area contributed by atoms with Gasteiger partial charge in [0.1, 0.15) is 24.7 Å². The topological polar surface area (TPSA) is 228 Å². The fraction of sp³-hybridized carbons (Fsp3) is 0.417. The van der Waals surface area contributed by atoms with Crippen molar-refractivity contribution >= 4 is 87.2 Å². The van der Waals surface area contributed by atoms with Gasteiger partial charge < -0.3 is 46.9 Å². The van der Waals surface area contributed by atoms with E-state index in [9.17, 15) is 19.2 Å². The number of furan rings is 6. The van der Waals surface area contributed by atoms with Crippen LogP contribution in [0, 0.1) is 0 Å². The van der Waals surface area contributed by atoms with E-state index in [2.05, 4.69) is 130 Å². The first-order valence-corrected chi connectivity index (χ1v) is 23.3. The number of Topliss-reactive ketones (excluding diaryl/α,β-unsaturated/α-hetero) is 2. The molecule has 364 valence electrons. The number of carboxylic acids is 2. The molecular weight excluding hydrogens is 1120 g/mol. The van der Waals surface area contributed by atoms with E-state index in [0.717, 1.165) is 26.9 Å². The largest absolute Gasteiger partial charge is 0.475 e. The maximum absolute atomic E-state index is 11.0. The minimum absolute atomic E-state index is 0.0000694. The number of carbonyl (C=O) groups is 4. The van der Waals surface area contributed by atoms with E-state index in [-0.39, 0.29) is 58.0 Å². The molecule has 0 spiro atoms. The lowest BCUT2D eigenvalue weighted by molar-refractivity contribution is 0.0652. The molecule has 66 heavy (non-hydrogen) atoms. The SMILES string of the molecule is CC(=O)c1cc(C(C)(C)C)c(Br)o1.CC(=O)c1ccc(Br)o1.CC(C)(C)c1cc(CO)oc1Br.CC(C)(C)c1coc(C(=O)O)c1.CC(C)(C)c1coc(CO)c1.O=C(O)c1ccc(Br)o1. The lowest BCUT2D eigenvalue weighted by atomic mass is 9.89. The Labute approximate surface area is 419 Å². The summed E-state index contributed by atoms with van der Waals surface area (Å²) >= 11 is 12.7. The average Bonchev–Trinajstić information content (AvgIpc) is 4.03. The van der Waals surface area contributed by atoms with Crippen LogP contribution in [0.1, 0.15) is 173 Å². The van der Waals surface area contributed by atoms with E-state index in [0.29, 0.717) is 37.0 Å². The molecule has 0 fully saturated rings. The summed E-state index contributed by atoms with van der Waals surface area (Å²) in [6.07, 6.45) is 3.19. The number of carbonyl (C=O) groups excluding carboxylic acids is 2. The van der Waals surface area contributed by atoms with Gasteiger partial charge >= 0.3 is 11.9 Å². The lowest BCUT2D eigenvalue weighted by Gasteiger charge is -2.15. The number of halogens is 4. The Balaban J connectivity index is 0.000000398. The number of hydrogen-bond donors (Lipinski definition) is 4. The van der Waals surface area contributed by atoms with Crippen LogP contribution >= 0.6 is 63.7 Å². The molecule has 18 heteroatoms. The summed E-state index contributed by atoms with van der Waals surface area (Å²) in [5.74, 6) is -0.190. The van der Waals surface area contributed by atoms with Crippen molar-refractivity contribution in [2.45, 2.75) is 132 Å². The Morgan fingerprint density at radius 1 is 0.470 bits per heavy atom. The first-order chi connectivity index (χ1) is 30.1. The number of carboxylic acid groups (broad SMARTS) is 2. The first kappa shape index (κ1) is 59.8. The second-order valence-corrected chi connectivity index (χ2v) is 21.4. The van der Waals surface area contributed by atoms with Crippen LogP contribution in [0.25, 0.3) is 0 Å². The van der Waals surface area contributed by atoms with Gasteiger partial charge in [0.25, 0.3) is 0 Å². The standard InChI is InChI=1S/C10H13BrO2.C9H13BrO2.C9H12O3.C9H14O2.C6H5BrO2.C5H3BrO3/c1-6(12)8-5-7(9(11)13-8)10(2,3)4;1-9(2,3)7-4-6(5-11)12-8(7)10;1-9(2,3)6-4-7(8(10)11)12-5-6;1-9(2,3)7-4-8(5-10)11-6-7;1-4(8)5-2-3-6(7)9-5;6-4-2-1-3(9-4)5(7)8/h5H,1-4H3;4,11H,5H2,1-3H3;4-5H,1-3H3,(H,10,11);4,6,10H,5H2,1-3H3;2-3H,1H3;1-2H,(H,7,8). The van der Waals surface area contributed by atoms with E-state index in [1.807, 2.05) is 32.9 Å². The van der Waals surface area contributed by atoms with Gasteiger partial charge in [0.15, 0.2) is 41.8 Å². The molecular formula is C48H60Br4O14. The smallest absolute Gasteiger partial charge is 0.371 e. The predicted molar refractivity (Wildman–Crippen MR) is 264 cm³/mol. The summed E-state index contributed by atoms with van der Waals surface area (Å²) in [7, 11) is 0. The van der Waals surface area contributed by atoms with Crippen LogP contribution in [-0.4, -0.2) is 43.9 Å². The molecule has 0 bridgehead atoms. The molecule has 14 nitrogen and oxygen atoms in total. The second-order valence-electron chi connectivity index (χ2n) is 18.4. The summed E-state index contributed by atoms with van der Waals surface area (Å²) in [4.78, 5) is 42.1. The Morgan fingerprint density at radius 2 is 0.879 bits per heavy atom. The summed E-state index contributed by atoms with van der Waals surface area (Å²) in [6, 6.07) is 13.4. The maximum Gasteiger partial charge on any atom is 0.371 e. The molecule has 0 amide bonds. The van der Waals surface area contributed by atoms with Crippen molar-refractivity contribution in [3.63, 3.8) is 0 Å². The summed E-state index contributed by atoms with van der Waals surface area (Å²) in [6.45, 7) is 27.8. The van der Waals surface area contributed by atoms with Crippen LogP contribution < -0.4 is 0 Å². The third-order valence-corrected chi connectivity index (χ3v) is 10.6. The quantitative estimate of drug-likeness (QED) is 0.114. The van der Waals surface area contributed by atoms with Gasteiger partial charge in [-0.05, 0) is 145 Å². The van der Waals surface area contributed by atoms with Crippen molar-refractivity contribution in [3.05, 3.63) is 137 Å². The monoisotopic (exact) mass is 1180 g/mol. The Kier molecular flexibility index (Phi) is 23.4. The van der Waals surface area contributed by atoms with Crippen LogP contribution in [0.4, 0.5) is 0 Å². The van der Waals surface area contributed by atoms with Crippen LogP contribution in [0.3, 0.4) is 0 Å². The van der Waals surface area contributed by atoms with Gasteiger partial charge in [0.05, 0.1) is 12.5 Å². The molecule has 6 aromatic heterocycles. The molecule has 6 aromatic rings. The Bertz CT molecular complexity index is 2410. The van der Waals surface area contributed by atoms with Gasteiger partial charge in [0.2, 0.25) is 11.5 Å². The van der Waals surface area contributed by atoms with Crippen molar-refractivity contribution in [1.82, 2.24) is 0 Å². The minimum Gasteiger partial charge on any atom is -0.475 e. The summed E-state index contributed by atoms with van der Waals surface area (Å²) in [5.41, 5.74) is 4.24. The van der Waals surface area contributed by atoms with E-state index in [1.165, 1.54) is 32.2 Å². The molecule has 6 rings (SSSR count). The highest BCUT2D eigenvalue weighted by atomic mass is 79.9. The zero-order valence-electron chi connectivity index (χ0n) is 39.6. The van der Waals surface area contributed by atoms with Crippen molar-refractivity contribution in [2.75, 3.05) is 0 Å². The predicted octanol–water partition coefficient (Wildman–Crippen LogP) is 14.7. The number of aliphatic hydroxyl groups excluding tert-OH is 2. The fourth-order valence-electron chi connectivity index (χ4n) is 4.69. The number of aromatic carboxylic acids is 2. The normalized spacial score (nSPS) is 11.2. The highest BCUT2D eigenvalue weighted by Crippen LogP contribution is 2.34. The summed E-state index contributed by atoms with van der Waals surface area (Å²) in [5, 5.41) is 34.4. The van der Waals surface area contributed by atoms with Gasteiger partial charge in [-0.3, -0.25) is 9.59 Å². The molecule has 0 aliphatic carbocycles. The van der Waals surface area contributed by atoms with Gasteiger partial charge in [-0.15, -0.1) is 0 Å². The number of aliphatic hydroxyl groups is 2. The molecule has 0 atom stereocenters. The minimum atomic E-state index is -1.05. The summed E-state index contributed by atoms with van der Waals surface area (Å²) < 4.78 is 32.4. The Hall–Kier alpha value is -4.20. The van der Waals surface area contributed by atoms with Crippen molar-refractivity contribution < 1.29 is 66.1 Å². The van der Waals surface area contributed by atoms with E-state index < -0.39 is 11.9 Å². The molecule has 4 N–H and O–H groups in total. The zero-order chi connectivity index (χ0) is 51.1. The van der Waals surface area contributed by atoms with E-state index >= 15 is 0 Å². The van der Waals surface area contributed by atoms with Crippen LogP contribution in [0.5, 0.6) is 0 Å². The molecule has 0 radical (unpaired) electrons.